The monoisotopic (exact) mass is 264 g/mol. The molecule has 1 rings (SSSR count). The minimum Gasteiger partial charge on any atom is -0.369 e. The van der Waals surface area contributed by atoms with Crippen molar-refractivity contribution in [3.8, 4) is 0 Å². The van der Waals surface area contributed by atoms with Gasteiger partial charge in [-0.1, -0.05) is 17.7 Å². The minimum atomic E-state index is -0.834. The summed E-state index contributed by atoms with van der Waals surface area (Å²) in [4.78, 5) is 14.3. The maximum absolute atomic E-state index is 12.5. The molecule has 1 amide bonds. The summed E-state index contributed by atoms with van der Waals surface area (Å²) in [7, 11) is 1.55. The molecule has 0 aliphatic rings. The highest BCUT2D eigenvalue weighted by molar-refractivity contribution is 5.99. The van der Waals surface area contributed by atoms with Gasteiger partial charge in [0.15, 0.2) is 0 Å². The van der Waals surface area contributed by atoms with Crippen LogP contribution in [0.15, 0.2) is 24.3 Å². The second-order valence-electron chi connectivity index (χ2n) is 5.15. The molecule has 0 aliphatic heterocycles. The van der Waals surface area contributed by atoms with Crippen LogP contribution in [0, 0.1) is 6.92 Å². The Morgan fingerprint density at radius 1 is 1.32 bits per heavy atom. The molecule has 0 heterocycles. The van der Waals surface area contributed by atoms with Crippen molar-refractivity contribution >= 4 is 11.6 Å². The van der Waals surface area contributed by atoms with Gasteiger partial charge in [0.25, 0.3) is 5.91 Å². The van der Waals surface area contributed by atoms with Gasteiger partial charge in [-0.2, -0.15) is 0 Å². The SMILES string of the molecule is COC(C)(C)C(=O)N(CCCN)c1ccc(C)cc1. The molecule has 0 spiro atoms. The normalized spacial score (nSPS) is 11.4. The van der Waals surface area contributed by atoms with Gasteiger partial charge < -0.3 is 15.4 Å². The lowest BCUT2D eigenvalue weighted by molar-refractivity contribution is -0.136. The number of hydrogen-bond donors (Lipinski definition) is 1. The van der Waals surface area contributed by atoms with E-state index in [1.807, 2.05) is 31.2 Å². The molecule has 0 aliphatic carbocycles. The highest BCUT2D eigenvalue weighted by Gasteiger charge is 2.32. The fourth-order valence-corrected chi connectivity index (χ4v) is 1.73. The van der Waals surface area contributed by atoms with Crippen LogP contribution >= 0.6 is 0 Å². The number of amides is 1. The van der Waals surface area contributed by atoms with Crippen molar-refractivity contribution in [2.75, 3.05) is 25.1 Å². The van der Waals surface area contributed by atoms with Crippen molar-refractivity contribution in [2.45, 2.75) is 32.8 Å². The van der Waals surface area contributed by atoms with Crippen LogP contribution in [-0.2, 0) is 9.53 Å². The maximum Gasteiger partial charge on any atom is 0.258 e. The van der Waals surface area contributed by atoms with Gasteiger partial charge in [0.05, 0.1) is 0 Å². The fraction of sp³-hybridized carbons (Fsp3) is 0.533. The van der Waals surface area contributed by atoms with E-state index in [-0.39, 0.29) is 5.91 Å². The van der Waals surface area contributed by atoms with E-state index < -0.39 is 5.60 Å². The first-order valence-corrected chi connectivity index (χ1v) is 6.56. The number of methoxy groups -OCH3 is 1. The molecule has 106 valence electrons. The number of ether oxygens (including phenoxy) is 1. The molecule has 0 saturated carbocycles. The van der Waals surface area contributed by atoms with Crippen LogP contribution < -0.4 is 10.6 Å². The van der Waals surface area contributed by atoms with Gasteiger partial charge in [-0.3, -0.25) is 4.79 Å². The number of benzene rings is 1. The minimum absolute atomic E-state index is 0.0488. The van der Waals surface area contributed by atoms with E-state index in [1.165, 1.54) is 5.56 Å². The molecule has 0 aromatic heterocycles. The van der Waals surface area contributed by atoms with Crippen molar-refractivity contribution in [1.29, 1.82) is 0 Å². The Hall–Kier alpha value is -1.39. The van der Waals surface area contributed by atoms with Gasteiger partial charge in [-0.25, -0.2) is 0 Å². The lowest BCUT2D eigenvalue weighted by Gasteiger charge is -2.31. The Labute approximate surface area is 115 Å². The second-order valence-corrected chi connectivity index (χ2v) is 5.15. The van der Waals surface area contributed by atoms with Crippen LogP contribution in [0.3, 0.4) is 0 Å². The molecule has 0 bridgehead atoms. The van der Waals surface area contributed by atoms with Crippen LogP contribution in [0.25, 0.3) is 0 Å². The van der Waals surface area contributed by atoms with E-state index in [2.05, 4.69) is 0 Å². The molecule has 0 saturated heterocycles. The molecule has 1 aromatic carbocycles. The van der Waals surface area contributed by atoms with Crippen LogP contribution in [0.5, 0.6) is 0 Å². The summed E-state index contributed by atoms with van der Waals surface area (Å²) in [5.41, 5.74) is 6.77. The lowest BCUT2D eigenvalue weighted by atomic mass is 10.1. The van der Waals surface area contributed by atoms with E-state index in [0.717, 1.165) is 12.1 Å². The predicted octanol–water partition coefficient (Wildman–Crippen LogP) is 2.10. The average molecular weight is 264 g/mol. The number of carbonyl (C=O) groups is 1. The molecule has 0 unspecified atom stereocenters. The molecular weight excluding hydrogens is 240 g/mol. The van der Waals surface area contributed by atoms with Crippen molar-refractivity contribution in [3.63, 3.8) is 0 Å². The number of carbonyl (C=O) groups excluding carboxylic acids is 1. The third kappa shape index (κ3) is 4.04. The number of rotatable bonds is 6. The van der Waals surface area contributed by atoms with Gasteiger partial charge in [0.2, 0.25) is 0 Å². The maximum atomic E-state index is 12.5. The summed E-state index contributed by atoms with van der Waals surface area (Å²) in [6, 6.07) is 7.90. The van der Waals surface area contributed by atoms with Crippen molar-refractivity contribution in [1.82, 2.24) is 0 Å². The van der Waals surface area contributed by atoms with E-state index >= 15 is 0 Å². The summed E-state index contributed by atoms with van der Waals surface area (Å²) < 4.78 is 5.28. The molecule has 2 N–H and O–H groups in total. The molecule has 0 fully saturated rings. The van der Waals surface area contributed by atoms with Crippen molar-refractivity contribution in [2.24, 2.45) is 5.73 Å². The van der Waals surface area contributed by atoms with Crippen LogP contribution in [0.2, 0.25) is 0 Å². The number of nitrogens with zero attached hydrogens (tertiary/aromatic N) is 1. The Morgan fingerprint density at radius 3 is 2.37 bits per heavy atom. The predicted molar refractivity (Wildman–Crippen MR) is 78.3 cm³/mol. The quantitative estimate of drug-likeness (QED) is 0.856. The number of hydrogen-bond acceptors (Lipinski definition) is 3. The smallest absolute Gasteiger partial charge is 0.258 e. The largest absolute Gasteiger partial charge is 0.369 e. The molecule has 0 radical (unpaired) electrons. The van der Waals surface area contributed by atoms with E-state index in [9.17, 15) is 4.79 Å². The van der Waals surface area contributed by atoms with Gasteiger partial charge in [0.1, 0.15) is 5.60 Å². The summed E-state index contributed by atoms with van der Waals surface area (Å²) in [6.07, 6.45) is 0.763. The Balaban J connectivity index is 3.00. The second kappa shape index (κ2) is 6.68. The first-order valence-electron chi connectivity index (χ1n) is 6.56. The molecule has 4 heteroatoms. The number of aryl methyl sites for hydroxylation is 1. The zero-order valence-electron chi connectivity index (χ0n) is 12.3. The van der Waals surface area contributed by atoms with Gasteiger partial charge in [0, 0.05) is 19.3 Å². The Morgan fingerprint density at radius 2 is 1.89 bits per heavy atom. The third-order valence-electron chi connectivity index (χ3n) is 3.20. The molecule has 19 heavy (non-hydrogen) atoms. The molecule has 0 atom stereocenters. The molecule has 4 nitrogen and oxygen atoms in total. The molecular formula is C15H24N2O2. The summed E-state index contributed by atoms with van der Waals surface area (Å²) >= 11 is 0. The Kier molecular flexibility index (Phi) is 5.51. The number of nitrogens with two attached hydrogens (primary N) is 1. The van der Waals surface area contributed by atoms with E-state index in [4.69, 9.17) is 10.5 Å². The highest BCUT2D eigenvalue weighted by atomic mass is 16.5. The first-order chi connectivity index (χ1) is 8.92. The average Bonchev–Trinajstić information content (AvgIpc) is 2.40. The standard InChI is InChI=1S/C15H24N2O2/c1-12-6-8-13(9-7-12)17(11-5-10-16)14(18)15(2,3)19-4/h6-9H,5,10-11,16H2,1-4H3. The van der Waals surface area contributed by atoms with Crippen LogP contribution in [0.4, 0.5) is 5.69 Å². The highest BCUT2D eigenvalue weighted by Crippen LogP contribution is 2.21. The summed E-state index contributed by atoms with van der Waals surface area (Å²) in [5, 5.41) is 0. The van der Waals surface area contributed by atoms with Crippen molar-refractivity contribution in [3.05, 3.63) is 29.8 Å². The topological polar surface area (TPSA) is 55.6 Å². The number of anilines is 1. The van der Waals surface area contributed by atoms with Crippen LogP contribution in [-0.4, -0.2) is 31.7 Å². The zero-order valence-corrected chi connectivity index (χ0v) is 12.3. The Bertz CT molecular complexity index is 413. The van der Waals surface area contributed by atoms with Gasteiger partial charge >= 0.3 is 0 Å². The molecule has 1 aromatic rings. The van der Waals surface area contributed by atoms with E-state index in [1.54, 1.807) is 25.9 Å². The summed E-state index contributed by atoms with van der Waals surface area (Å²) in [6.45, 7) is 6.74. The fourth-order valence-electron chi connectivity index (χ4n) is 1.73. The van der Waals surface area contributed by atoms with Crippen LogP contribution in [0.1, 0.15) is 25.8 Å². The van der Waals surface area contributed by atoms with Gasteiger partial charge in [-0.05, 0) is 45.9 Å². The third-order valence-corrected chi connectivity index (χ3v) is 3.20. The van der Waals surface area contributed by atoms with Crippen molar-refractivity contribution < 1.29 is 9.53 Å². The lowest BCUT2D eigenvalue weighted by Crippen LogP contribution is -2.47. The van der Waals surface area contributed by atoms with E-state index in [0.29, 0.717) is 13.1 Å². The summed E-state index contributed by atoms with van der Waals surface area (Å²) in [5.74, 6) is -0.0488. The van der Waals surface area contributed by atoms with Gasteiger partial charge in [-0.15, -0.1) is 0 Å². The first kappa shape index (κ1) is 15.7. The zero-order chi connectivity index (χ0) is 14.5.